The monoisotopic (exact) mass is 339 g/mol. The van der Waals surface area contributed by atoms with Crippen LogP contribution < -0.4 is 10.2 Å². The second-order valence-corrected chi connectivity index (χ2v) is 6.68. The summed E-state index contributed by atoms with van der Waals surface area (Å²) in [5.74, 6) is -0.256. The lowest BCUT2D eigenvalue weighted by atomic mass is 10.2. The Balaban J connectivity index is 1.68. The van der Waals surface area contributed by atoms with Crippen LogP contribution in [0.3, 0.4) is 0 Å². The topological polar surface area (TPSA) is 54.3 Å². The molecule has 132 valence electrons. The number of anilines is 2. The number of nitrogens with one attached hydrogen (secondary N) is 1. The average molecular weight is 339 g/mol. The van der Waals surface area contributed by atoms with Crippen molar-refractivity contribution in [3.63, 3.8) is 0 Å². The third-order valence-electron chi connectivity index (χ3n) is 4.74. The first-order chi connectivity index (χ1) is 12.0. The van der Waals surface area contributed by atoms with Gasteiger partial charge in [0.05, 0.1) is 0 Å². The fourth-order valence-corrected chi connectivity index (χ4v) is 3.26. The lowest BCUT2D eigenvalue weighted by Crippen LogP contribution is -2.23. The highest BCUT2D eigenvalue weighted by Crippen LogP contribution is 2.22. The lowest BCUT2D eigenvalue weighted by Gasteiger charge is -2.22. The molecule has 5 nitrogen and oxygen atoms in total. The molecule has 1 saturated heterocycles. The summed E-state index contributed by atoms with van der Waals surface area (Å²) in [6.07, 6.45) is 6.78. The molecule has 1 fully saturated rings. The van der Waals surface area contributed by atoms with Crippen molar-refractivity contribution in [2.75, 3.05) is 23.3 Å². The number of aryl methyl sites for hydroxylation is 1. The van der Waals surface area contributed by atoms with Crippen molar-refractivity contribution in [1.82, 2.24) is 4.57 Å². The van der Waals surface area contributed by atoms with Gasteiger partial charge in [0.1, 0.15) is 5.69 Å². The molecule has 1 N–H and O–H groups in total. The van der Waals surface area contributed by atoms with Crippen LogP contribution in [0, 0.1) is 0 Å². The maximum atomic E-state index is 12.4. The van der Waals surface area contributed by atoms with E-state index < -0.39 is 0 Å². The highest BCUT2D eigenvalue weighted by Gasteiger charge is 2.14. The van der Waals surface area contributed by atoms with E-state index in [1.807, 2.05) is 12.1 Å². The molecule has 0 unspecified atom stereocenters. The van der Waals surface area contributed by atoms with Gasteiger partial charge in [-0.25, -0.2) is 0 Å². The van der Waals surface area contributed by atoms with E-state index in [0.717, 1.165) is 18.8 Å². The fraction of sp³-hybridized carbons (Fsp3) is 0.400. The van der Waals surface area contributed by atoms with Crippen LogP contribution in [0.1, 0.15) is 53.5 Å². The van der Waals surface area contributed by atoms with Crippen LogP contribution in [-0.2, 0) is 7.05 Å². The normalized spacial score (nSPS) is 14.9. The second-order valence-electron chi connectivity index (χ2n) is 6.68. The van der Waals surface area contributed by atoms with E-state index in [-0.39, 0.29) is 11.7 Å². The zero-order chi connectivity index (χ0) is 17.8. The number of ketones is 1. The minimum atomic E-state index is -0.211. The number of hydrogen-bond acceptors (Lipinski definition) is 3. The van der Waals surface area contributed by atoms with Crippen molar-refractivity contribution in [3.8, 4) is 0 Å². The molecule has 0 atom stereocenters. The molecule has 1 amide bonds. The molecule has 0 spiro atoms. The first-order valence-corrected chi connectivity index (χ1v) is 8.88. The molecule has 1 aromatic heterocycles. The Morgan fingerprint density at radius 1 is 1.00 bits per heavy atom. The van der Waals surface area contributed by atoms with E-state index in [2.05, 4.69) is 22.3 Å². The van der Waals surface area contributed by atoms with Gasteiger partial charge in [0, 0.05) is 43.3 Å². The highest BCUT2D eigenvalue weighted by molar-refractivity contribution is 6.05. The summed E-state index contributed by atoms with van der Waals surface area (Å²) < 4.78 is 1.68. The number of benzene rings is 1. The van der Waals surface area contributed by atoms with Gasteiger partial charge in [-0.1, -0.05) is 12.8 Å². The minimum Gasteiger partial charge on any atom is -0.372 e. The number of nitrogens with zero attached hydrogens (tertiary/aromatic N) is 2. The summed E-state index contributed by atoms with van der Waals surface area (Å²) in [6.45, 7) is 3.70. The van der Waals surface area contributed by atoms with Gasteiger partial charge in [-0.3, -0.25) is 9.59 Å². The predicted molar refractivity (Wildman–Crippen MR) is 100 cm³/mol. The first-order valence-electron chi connectivity index (χ1n) is 8.88. The second kappa shape index (κ2) is 7.55. The van der Waals surface area contributed by atoms with E-state index in [1.54, 1.807) is 23.9 Å². The molecule has 1 aliphatic heterocycles. The summed E-state index contributed by atoms with van der Waals surface area (Å²) >= 11 is 0. The van der Waals surface area contributed by atoms with E-state index in [0.29, 0.717) is 11.3 Å². The predicted octanol–water partition coefficient (Wildman–Crippen LogP) is 3.86. The molecule has 0 aliphatic carbocycles. The standard InChI is InChI=1S/C20H25N3O2/c1-15(24)16-13-19(22(2)14-16)20(25)21-17-7-9-18(10-8-17)23-11-5-3-4-6-12-23/h7-10,13-14H,3-6,11-12H2,1-2H3,(H,21,25). The van der Waals surface area contributed by atoms with Crippen LogP contribution in [0.25, 0.3) is 0 Å². The number of Topliss-reactive ketones (excluding diaryl/α,β-unsaturated/α-hetero) is 1. The molecule has 1 aromatic carbocycles. The van der Waals surface area contributed by atoms with Crippen molar-refractivity contribution >= 4 is 23.1 Å². The molecule has 3 rings (SSSR count). The number of rotatable bonds is 4. The maximum Gasteiger partial charge on any atom is 0.272 e. The number of carbonyl (C=O) groups excluding carboxylic acids is 2. The minimum absolute atomic E-state index is 0.0450. The van der Waals surface area contributed by atoms with Crippen molar-refractivity contribution in [2.45, 2.75) is 32.6 Å². The van der Waals surface area contributed by atoms with Crippen LogP contribution in [0.2, 0.25) is 0 Å². The molecule has 5 heteroatoms. The molecule has 0 bridgehead atoms. The van der Waals surface area contributed by atoms with Gasteiger partial charge in [0.15, 0.2) is 5.78 Å². The van der Waals surface area contributed by atoms with Crippen LogP contribution in [0.5, 0.6) is 0 Å². The third-order valence-corrected chi connectivity index (χ3v) is 4.74. The number of amides is 1. The van der Waals surface area contributed by atoms with Crippen molar-refractivity contribution in [1.29, 1.82) is 0 Å². The van der Waals surface area contributed by atoms with E-state index in [4.69, 9.17) is 0 Å². The van der Waals surface area contributed by atoms with Gasteiger partial charge in [0.2, 0.25) is 0 Å². The summed E-state index contributed by atoms with van der Waals surface area (Å²) in [7, 11) is 1.77. The number of aromatic nitrogens is 1. The Morgan fingerprint density at radius 3 is 2.20 bits per heavy atom. The molecule has 25 heavy (non-hydrogen) atoms. The smallest absolute Gasteiger partial charge is 0.272 e. The fourth-order valence-electron chi connectivity index (χ4n) is 3.26. The lowest BCUT2D eigenvalue weighted by molar-refractivity contribution is 0.101. The quantitative estimate of drug-likeness (QED) is 0.861. The summed E-state index contributed by atoms with van der Waals surface area (Å²) in [6, 6.07) is 9.63. The van der Waals surface area contributed by atoms with Gasteiger partial charge in [0.25, 0.3) is 5.91 Å². The van der Waals surface area contributed by atoms with Gasteiger partial charge >= 0.3 is 0 Å². The third kappa shape index (κ3) is 4.10. The molecule has 2 aromatic rings. The molecule has 0 saturated carbocycles. The molecule has 0 radical (unpaired) electrons. The largest absolute Gasteiger partial charge is 0.372 e. The molecule has 1 aliphatic rings. The van der Waals surface area contributed by atoms with Gasteiger partial charge in [-0.15, -0.1) is 0 Å². The van der Waals surface area contributed by atoms with Gasteiger partial charge < -0.3 is 14.8 Å². The van der Waals surface area contributed by atoms with Gasteiger partial charge in [-0.2, -0.15) is 0 Å². The Bertz CT molecular complexity index is 754. The summed E-state index contributed by atoms with van der Waals surface area (Å²) in [5.41, 5.74) is 2.98. The summed E-state index contributed by atoms with van der Waals surface area (Å²) in [5, 5.41) is 2.90. The average Bonchev–Trinajstić information content (AvgIpc) is 2.81. The zero-order valence-electron chi connectivity index (χ0n) is 14.9. The Labute approximate surface area is 148 Å². The highest BCUT2D eigenvalue weighted by atomic mass is 16.2. The van der Waals surface area contributed by atoms with Crippen LogP contribution >= 0.6 is 0 Å². The van der Waals surface area contributed by atoms with Crippen molar-refractivity contribution in [3.05, 3.63) is 47.8 Å². The van der Waals surface area contributed by atoms with E-state index in [9.17, 15) is 9.59 Å². The van der Waals surface area contributed by atoms with E-state index >= 15 is 0 Å². The van der Waals surface area contributed by atoms with Crippen LogP contribution in [-0.4, -0.2) is 29.3 Å². The molecule has 2 heterocycles. The SMILES string of the molecule is CC(=O)c1cc(C(=O)Nc2ccc(N3CCCCCC3)cc2)n(C)c1. The van der Waals surface area contributed by atoms with Crippen molar-refractivity contribution in [2.24, 2.45) is 7.05 Å². The molecular weight excluding hydrogens is 314 g/mol. The number of hydrogen-bond donors (Lipinski definition) is 1. The van der Waals surface area contributed by atoms with Gasteiger partial charge in [-0.05, 0) is 50.1 Å². The Morgan fingerprint density at radius 2 is 1.64 bits per heavy atom. The molecular formula is C20H25N3O2. The van der Waals surface area contributed by atoms with Crippen LogP contribution in [0.15, 0.2) is 36.5 Å². The summed E-state index contributed by atoms with van der Waals surface area (Å²) in [4.78, 5) is 26.3. The zero-order valence-corrected chi connectivity index (χ0v) is 14.9. The maximum absolute atomic E-state index is 12.4. The Hall–Kier alpha value is -2.56. The van der Waals surface area contributed by atoms with E-state index in [1.165, 1.54) is 38.3 Å². The number of carbonyl (C=O) groups is 2. The Kier molecular flexibility index (Phi) is 5.22. The first kappa shape index (κ1) is 17.3. The van der Waals surface area contributed by atoms with Crippen LogP contribution in [0.4, 0.5) is 11.4 Å². The van der Waals surface area contributed by atoms with Crippen molar-refractivity contribution < 1.29 is 9.59 Å².